The fourth-order valence-electron chi connectivity index (χ4n) is 2.10. The Morgan fingerprint density at radius 3 is 3.19 bits per heavy atom. The van der Waals surface area contributed by atoms with Crippen molar-refractivity contribution in [2.45, 2.75) is 32.4 Å². The lowest BCUT2D eigenvalue weighted by Crippen LogP contribution is -2.54. The molecule has 1 saturated heterocycles. The molecule has 5 heteroatoms. The number of hydrogen-bond acceptors (Lipinski definition) is 4. The zero-order valence-electron chi connectivity index (χ0n) is 9.36. The van der Waals surface area contributed by atoms with E-state index >= 15 is 0 Å². The molecule has 0 bridgehead atoms. The molecule has 0 spiro atoms. The highest BCUT2D eigenvalue weighted by atomic mass is 16.5. The molecule has 0 radical (unpaired) electrons. The van der Waals surface area contributed by atoms with E-state index in [-0.39, 0.29) is 24.3 Å². The molecule has 16 heavy (non-hydrogen) atoms. The van der Waals surface area contributed by atoms with Gasteiger partial charge in [0.1, 0.15) is 11.7 Å². The molecule has 1 amide bonds. The quantitative estimate of drug-likeness (QED) is 0.544. The third-order valence-electron chi connectivity index (χ3n) is 2.91. The molecular formula is C11H16N2O3. The van der Waals surface area contributed by atoms with Gasteiger partial charge < -0.3 is 15.0 Å². The average molecular weight is 224 g/mol. The lowest BCUT2D eigenvalue weighted by Gasteiger charge is -2.38. The molecule has 2 aliphatic rings. The summed E-state index contributed by atoms with van der Waals surface area (Å²) >= 11 is 0. The summed E-state index contributed by atoms with van der Waals surface area (Å²) in [5, 5.41) is 3.08. The molecule has 1 atom stereocenters. The third-order valence-corrected chi connectivity index (χ3v) is 2.91. The van der Waals surface area contributed by atoms with E-state index in [0.29, 0.717) is 6.54 Å². The number of rotatable bonds is 2. The van der Waals surface area contributed by atoms with Crippen LogP contribution in [-0.4, -0.2) is 36.1 Å². The summed E-state index contributed by atoms with van der Waals surface area (Å²) in [6.07, 6.45) is 4.61. The third kappa shape index (κ3) is 1.89. The zero-order chi connectivity index (χ0) is 11.5. The summed E-state index contributed by atoms with van der Waals surface area (Å²) in [4.78, 5) is 25.2. The minimum absolute atomic E-state index is 0.0550. The highest BCUT2D eigenvalue weighted by Gasteiger charge is 2.34. The molecule has 5 nitrogen and oxygen atoms in total. The van der Waals surface area contributed by atoms with Crippen molar-refractivity contribution in [1.29, 1.82) is 0 Å². The SMILES string of the molecule is CCOC(=O)C1=CNC2CCCCN2C1=O. The molecular weight excluding hydrogens is 208 g/mol. The number of carbonyl (C=O) groups is 2. The van der Waals surface area contributed by atoms with Crippen LogP contribution in [0.2, 0.25) is 0 Å². The maximum Gasteiger partial charge on any atom is 0.345 e. The maximum atomic E-state index is 12.0. The maximum absolute atomic E-state index is 12.0. The Bertz CT molecular complexity index is 338. The second-order valence-electron chi connectivity index (χ2n) is 3.96. The van der Waals surface area contributed by atoms with Gasteiger partial charge in [-0.15, -0.1) is 0 Å². The van der Waals surface area contributed by atoms with E-state index in [4.69, 9.17) is 4.74 Å². The number of amides is 1. The Balaban J connectivity index is 2.13. The molecule has 2 heterocycles. The van der Waals surface area contributed by atoms with Gasteiger partial charge in [0.15, 0.2) is 0 Å². The van der Waals surface area contributed by atoms with Crippen molar-refractivity contribution in [2.24, 2.45) is 0 Å². The van der Waals surface area contributed by atoms with Crippen molar-refractivity contribution in [3.63, 3.8) is 0 Å². The first-order valence-corrected chi connectivity index (χ1v) is 5.68. The van der Waals surface area contributed by atoms with E-state index in [1.165, 1.54) is 6.20 Å². The zero-order valence-corrected chi connectivity index (χ0v) is 9.36. The number of carbonyl (C=O) groups excluding carboxylic acids is 2. The summed E-state index contributed by atoms with van der Waals surface area (Å²) in [6.45, 7) is 2.73. The molecule has 1 fully saturated rings. The molecule has 2 aliphatic heterocycles. The minimum atomic E-state index is -0.538. The van der Waals surface area contributed by atoms with Crippen LogP contribution in [0.4, 0.5) is 0 Å². The molecule has 0 aromatic rings. The van der Waals surface area contributed by atoms with Crippen LogP contribution in [0, 0.1) is 0 Å². The Morgan fingerprint density at radius 2 is 2.44 bits per heavy atom. The van der Waals surface area contributed by atoms with E-state index in [0.717, 1.165) is 19.3 Å². The van der Waals surface area contributed by atoms with Crippen LogP contribution in [0.5, 0.6) is 0 Å². The Kier molecular flexibility index (Phi) is 3.12. The van der Waals surface area contributed by atoms with E-state index in [9.17, 15) is 9.59 Å². The van der Waals surface area contributed by atoms with Crippen LogP contribution in [0.3, 0.4) is 0 Å². The minimum Gasteiger partial charge on any atom is -0.462 e. The Labute approximate surface area is 94.4 Å². The monoisotopic (exact) mass is 224 g/mol. The number of fused-ring (bicyclic) bond motifs is 1. The highest BCUT2D eigenvalue weighted by Crippen LogP contribution is 2.21. The van der Waals surface area contributed by atoms with Crippen molar-refractivity contribution in [3.05, 3.63) is 11.8 Å². The molecule has 0 saturated carbocycles. The van der Waals surface area contributed by atoms with Gasteiger partial charge >= 0.3 is 5.97 Å². The number of nitrogens with zero attached hydrogens (tertiary/aromatic N) is 1. The largest absolute Gasteiger partial charge is 0.462 e. The number of ether oxygens (including phenoxy) is 1. The molecule has 0 aromatic carbocycles. The van der Waals surface area contributed by atoms with Crippen LogP contribution in [0.25, 0.3) is 0 Å². The second-order valence-corrected chi connectivity index (χ2v) is 3.96. The van der Waals surface area contributed by atoms with Gasteiger partial charge in [0.05, 0.1) is 6.61 Å². The Hall–Kier alpha value is -1.52. The standard InChI is InChI=1S/C11H16N2O3/c1-2-16-11(15)8-7-12-9-5-3-4-6-13(9)10(8)14/h7,9,12H,2-6H2,1H3. The predicted molar refractivity (Wildman–Crippen MR) is 57.2 cm³/mol. The first-order chi connectivity index (χ1) is 7.74. The van der Waals surface area contributed by atoms with Crippen molar-refractivity contribution in [2.75, 3.05) is 13.2 Å². The summed E-state index contributed by atoms with van der Waals surface area (Å²) in [7, 11) is 0. The first kappa shape index (κ1) is 11.0. The molecule has 0 aliphatic carbocycles. The summed E-state index contributed by atoms with van der Waals surface area (Å²) in [5.74, 6) is -0.745. The van der Waals surface area contributed by atoms with Gasteiger partial charge in [-0.05, 0) is 26.2 Å². The smallest absolute Gasteiger partial charge is 0.345 e. The van der Waals surface area contributed by atoms with E-state index in [1.54, 1.807) is 11.8 Å². The van der Waals surface area contributed by atoms with Crippen LogP contribution >= 0.6 is 0 Å². The number of hydrogen-bond donors (Lipinski definition) is 1. The fourth-order valence-corrected chi connectivity index (χ4v) is 2.10. The summed E-state index contributed by atoms with van der Waals surface area (Å²) in [6, 6.07) is 0. The van der Waals surface area contributed by atoms with E-state index in [2.05, 4.69) is 5.32 Å². The van der Waals surface area contributed by atoms with Crippen LogP contribution in [0.15, 0.2) is 11.8 Å². The van der Waals surface area contributed by atoms with Gasteiger partial charge in [-0.1, -0.05) is 0 Å². The fraction of sp³-hybridized carbons (Fsp3) is 0.636. The Morgan fingerprint density at radius 1 is 1.62 bits per heavy atom. The molecule has 88 valence electrons. The summed E-state index contributed by atoms with van der Waals surface area (Å²) in [5.41, 5.74) is 0.111. The van der Waals surface area contributed by atoms with Crippen molar-refractivity contribution < 1.29 is 14.3 Å². The molecule has 1 N–H and O–H groups in total. The van der Waals surface area contributed by atoms with Crippen molar-refractivity contribution in [3.8, 4) is 0 Å². The van der Waals surface area contributed by atoms with Gasteiger partial charge in [-0.25, -0.2) is 4.79 Å². The first-order valence-electron chi connectivity index (χ1n) is 5.68. The van der Waals surface area contributed by atoms with Crippen LogP contribution in [-0.2, 0) is 14.3 Å². The number of piperidine rings is 1. The number of nitrogens with one attached hydrogen (secondary N) is 1. The van der Waals surface area contributed by atoms with Gasteiger partial charge in [0, 0.05) is 12.7 Å². The van der Waals surface area contributed by atoms with Crippen molar-refractivity contribution >= 4 is 11.9 Å². The lowest BCUT2D eigenvalue weighted by molar-refractivity contribution is -0.144. The highest BCUT2D eigenvalue weighted by molar-refractivity contribution is 6.16. The van der Waals surface area contributed by atoms with Gasteiger partial charge in [-0.2, -0.15) is 0 Å². The van der Waals surface area contributed by atoms with Gasteiger partial charge in [-0.3, -0.25) is 4.79 Å². The van der Waals surface area contributed by atoms with Crippen molar-refractivity contribution in [1.82, 2.24) is 10.2 Å². The predicted octanol–water partition coefficient (Wildman–Crippen LogP) is 0.375. The second kappa shape index (κ2) is 4.55. The molecule has 2 rings (SSSR count). The topological polar surface area (TPSA) is 58.6 Å². The summed E-state index contributed by atoms with van der Waals surface area (Å²) < 4.78 is 4.84. The number of esters is 1. The van der Waals surface area contributed by atoms with Crippen LogP contribution in [0.1, 0.15) is 26.2 Å². The lowest BCUT2D eigenvalue weighted by atomic mass is 10.0. The van der Waals surface area contributed by atoms with Crippen LogP contribution < -0.4 is 5.32 Å². The average Bonchev–Trinajstić information content (AvgIpc) is 2.30. The van der Waals surface area contributed by atoms with E-state index in [1.807, 2.05) is 0 Å². The van der Waals surface area contributed by atoms with E-state index < -0.39 is 5.97 Å². The van der Waals surface area contributed by atoms with Gasteiger partial charge in [0.2, 0.25) is 0 Å². The molecule has 1 unspecified atom stereocenters. The normalized spacial score (nSPS) is 24.3. The molecule has 0 aromatic heterocycles. The van der Waals surface area contributed by atoms with Gasteiger partial charge in [0.25, 0.3) is 5.91 Å².